The number of benzene rings is 2. The summed E-state index contributed by atoms with van der Waals surface area (Å²) in [6.07, 6.45) is 3.69. The summed E-state index contributed by atoms with van der Waals surface area (Å²) >= 11 is 0. The highest BCUT2D eigenvalue weighted by Crippen LogP contribution is 2.38. The van der Waals surface area contributed by atoms with Crippen molar-refractivity contribution in [1.82, 2.24) is 0 Å². The second kappa shape index (κ2) is 8.41. The van der Waals surface area contributed by atoms with Crippen LogP contribution < -0.4 is 10.4 Å². The summed E-state index contributed by atoms with van der Waals surface area (Å²) in [5, 5.41) is 2.38. The third-order valence-electron chi connectivity index (χ3n) is 4.55. The molecule has 0 N–H and O–H groups in total. The number of carbonyl (C=O) groups is 1. The average Bonchev–Trinajstić information content (AvgIpc) is 2.60. The number of hydrogen-bond donors (Lipinski definition) is 0. The molecule has 0 unspecified atom stereocenters. The molecule has 2 nitrogen and oxygen atoms in total. The average molecular weight is 353 g/mol. The molecule has 0 amide bonds. The van der Waals surface area contributed by atoms with E-state index in [9.17, 15) is 4.79 Å². The van der Waals surface area contributed by atoms with Crippen molar-refractivity contribution >= 4 is 25.0 Å². The van der Waals surface area contributed by atoms with Gasteiger partial charge in [0.05, 0.1) is 6.10 Å². The van der Waals surface area contributed by atoms with Crippen LogP contribution in [-0.4, -0.2) is 20.7 Å². The monoisotopic (exact) mass is 352 g/mol. The quantitative estimate of drug-likeness (QED) is 0.406. The molecule has 0 spiro atoms. The molecule has 0 aromatic heterocycles. The first-order valence-electron chi connectivity index (χ1n) is 8.79. The Kier molecular flexibility index (Phi) is 6.51. The standard InChI is InChI=1S/C22H28O2Si/c1-5-12-19(17-18-23)24-25(22(2,3)4,20-13-8-6-9-14-20)21-15-10-7-11-16-21/h5-11,13-16,18-19H,1,12,17H2,2-4H3/t19-/m1/s1. The normalized spacial score (nSPS) is 13.2. The summed E-state index contributed by atoms with van der Waals surface area (Å²) in [4.78, 5) is 11.2. The van der Waals surface area contributed by atoms with Gasteiger partial charge < -0.3 is 9.22 Å². The minimum atomic E-state index is -2.59. The molecule has 3 heteroatoms. The minimum Gasteiger partial charge on any atom is -0.404 e. The van der Waals surface area contributed by atoms with Crippen LogP contribution in [0.2, 0.25) is 5.04 Å². The fourth-order valence-electron chi connectivity index (χ4n) is 3.43. The summed E-state index contributed by atoms with van der Waals surface area (Å²) in [6, 6.07) is 21.0. The van der Waals surface area contributed by atoms with Gasteiger partial charge in [0, 0.05) is 6.42 Å². The lowest BCUT2D eigenvalue weighted by atomic mass is 10.2. The SMILES string of the molecule is C=CC[C@H](CC=O)O[Si](c1ccccc1)(c1ccccc1)C(C)(C)C. The van der Waals surface area contributed by atoms with Gasteiger partial charge in [0.15, 0.2) is 0 Å². The molecule has 0 saturated carbocycles. The van der Waals surface area contributed by atoms with Gasteiger partial charge in [-0.15, -0.1) is 6.58 Å². The van der Waals surface area contributed by atoms with E-state index in [1.807, 2.05) is 18.2 Å². The summed E-state index contributed by atoms with van der Waals surface area (Å²) in [6.45, 7) is 10.6. The summed E-state index contributed by atoms with van der Waals surface area (Å²) in [5.74, 6) is 0. The van der Waals surface area contributed by atoms with Gasteiger partial charge in [-0.2, -0.15) is 0 Å². The summed E-state index contributed by atoms with van der Waals surface area (Å²) in [5.41, 5.74) is 0. The predicted molar refractivity (Wildman–Crippen MR) is 108 cm³/mol. The topological polar surface area (TPSA) is 26.3 Å². The van der Waals surface area contributed by atoms with E-state index in [0.717, 1.165) is 6.29 Å². The summed E-state index contributed by atoms with van der Waals surface area (Å²) in [7, 11) is -2.59. The van der Waals surface area contributed by atoms with Crippen molar-refractivity contribution in [2.75, 3.05) is 0 Å². The first-order valence-corrected chi connectivity index (χ1v) is 10.7. The van der Waals surface area contributed by atoms with Crippen LogP contribution in [-0.2, 0) is 9.22 Å². The van der Waals surface area contributed by atoms with Crippen LogP contribution in [0.4, 0.5) is 0 Å². The Balaban J connectivity index is 2.67. The van der Waals surface area contributed by atoms with E-state index in [0.29, 0.717) is 12.8 Å². The maximum atomic E-state index is 11.2. The first kappa shape index (κ1) is 19.4. The van der Waals surface area contributed by atoms with E-state index >= 15 is 0 Å². The Labute approximate surface area is 152 Å². The largest absolute Gasteiger partial charge is 0.404 e. The van der Waals surface area contributed by atoms with Crippen molar-refractivity contribution in [3.8, 4) is 0 Å². The molecular formula is C22H28O2Si. The summed E-state index contributed by atoms with van der Waals surface area (Å²) < 4.78 is 6.89. The third-order valence-corrected chi connectivity index (χ3v) is 9.64. The molecule has 0 aliphatic rings. The smallest absolute Gasteiger partial charge is 0.261 e. The van der Waals surface area contributed by atoms with Crippen LogP contribution in [0.15, 0.2) is 73.3 Å². The lowest BCUT2D eigenvalue weighted by molar-refractivity contribution is -0.109. The van der Waals surface area contributed by atoms with Gasteiger partial charge in [0.1, 0.15) is 6.29 Å². The zero-order chi connectivity index (χ0) is 18.3. The third kappa shape index (κ3) is 4.17. The molecule has 132 valence electrons. The van der Waals surface area contributed by atoms with Gasteiger partial charge >= 0.3 is 0 Å². The fourth-order valence-corrected chi connectivity index (χ4v) is 8.13. The van der Waals surface area contributed by atoms with E-state index in [1.54, 1.807) is 0 Å². The van der Waals surface area contributed by atoms with Crippen LogP contribution in [0.25, 0.3) is 0 Å². The molecule has 1 atom stereocenters. The Morgan fingerprint density at radius 1 is 0.960 bits per heavy atom. The van der Waals surface area contributed by atoms with E-state index < -0.39 is 8.32 Å². The fraction of sp³-hybridized carbons (Fsp3) is 0.318. The van der Waals surface area contributed by atoms with Crippen molar-refractivity contribution in [2.45, 2.75) is 44.8 Å². The van der Waals surface area contributed by atoms with Crippen LogP contribution in [0.3, 0.4) is 0 Å². The van der Waals surface area contributed by atoms with Crippen LogP contribution >= 0.6 is 0 Å². The van der Waals surface area contributed by atoms with Crippen molar-refractivity contribution in [2.24, 2.45) is 0 Å². The highest BCUT2D eigenvalue weighted by atomic mass is 28.4. The molecule has 0 radical (unpaired) electrons. The molecule has 0 aliphatic heterocycles. The molecule has 2 aromatic carbocycles. The molecule has 0 saturated heterocycles. The Bertz CT molecular complexity index is 625. The predicted octanol–water partition coefficient (Wildman–Crippen LogP) is 4.10. The van der Waals surface area contributed by atoms with Crippen molar-refractivity contribution in [3.63, 3.8) is 0 Å². The van der Waals surface area contributed by atoms with E-state index in [2.05, 4.69) is 75.9 Å². The van der Waals surface area contributed by atoms with Crippen LogP contribution in [0, 0.1) is 0 Å². The first-order chi connectivity index (χ1) is 12.0. The Hall–Kier alpha value is -1.97. The molecule has 25 heavy (non-hydrogen) atoms. The Morgan fingerprint density at radius 3 is 1.80 bits per heavy atom. The lowest BCUT2D eigenvalue weighted by Gasteiger charge is -2.45. The number of aldehydes is 1. The highest BCUT2D eigenvalue weighted by molar-refractivity contribution is 6.99. The van der Waals surface area contributed by atoms with Gasteiger partial charge in [-0.25, -0.2) is 0 Å². The molecule has 2 aromatic rings. The zero-order valence-corrected chi connectivity index (χ0v) is 16.4. The molecule has 0 bridgehead atoms. The van der Waals surface area contributed by atoms with Gasteiger partial charge in [-0.05, 0) is 21.8 Å². The van der Waals surface area contributed by atoms with Crippen LogP contribution in [0.1, 0.15) is 33.6 Å². The van der Waals surface area contributed by atoms with Crippen LogP contribution in [0.5, 0.6) is 0 Å². The van der Waals surface area contributed by atoms with Crippen molar-refractivity contribution < 1.29 is 9.22 Å². The lowest BCUT2D eigenvalue weighted by Crippen LogP contribution is -2.67. The second-order valence-corrected chi connectivity index (χ2v) is 11.6. The van der Waals surface area contributed by atoms with Gasteiger partial charge in [0.25, 0.3) is 8.32 Å². The van der Waals surface area contributed by atoms with Crippen molar-refractivity contribution in [3.05, 3.63) is 73.3 Å². The highest BCUT2D eigenvalue weighted by Gasteiger charge is 2.51. The maximum Gasteiger partial charge on any atom is 0.261 e. The molecule has 0 aliphatic carbocycles. The zero-order valence-electron chi connectivity index (χ0n) is 15.4. The number of rotatable bonds is 8. The number of carbonyl (C=O) groups excluding carboxylic acids is 1. The van der Waals surface area contributed by atoms with Gasteiger partial charge in [-0.3, -0.25) is 0 Å². The Morgan fingerprint density at radius 2 is 1.44 bits per heavy atom. The number of hydrogen-bond acceptors (Lipinski definition) is 2. The molecule has 0 fully saturated rings. The van der Waals surface area contributed by atoms with E-state index in [1.165, 1.54) is 10.4 Å². The maximum absolute atomic E-state index is 11.2. The van der Waals surface area contributed by atoms with E-state index in [4.69, 9.17) is 4.43 Å². The van der Waals surface area contributed by atoms with Gasteiger partial charge in [0.2, 0.25) is 0 Å². The molecular weight excluding hydrogens is 324 g/mol. The van der Waals surface area contributed by atoms with Gasteiger partial charge in [-0.1, -0.05) is 87.5 Å². The molecule has 0 heterocycles. The minimum absolute atomic E-state index is 0.0853. The second-order valence-electron chi connectivity index (χ2n) is 7.33. The van der Waals surface area contributed by atoms with Crippen molar-refractivity contribution in [1.29, 1.82) is 0 Å². The molecule has 2 rings (SSSR count). The van der Waals surface area contributed by atoms with E-state index in [-0.39, 0.29) is 11.1 Å².